The summed E-state index contributed by atoms with van der Waals surface area (Å²) in [4.78, 5) is 27.1. The van der Waals surface area contributed by atoms with Crippen molar-refractivity contribution in [1.82, 2.24) is 9.78 Å². The molecule has 2 N–H and O–H groups in total. The van der Waals surface area contributed by atoms with Crippen LogP contribution in [0.25, 0.3) is 16.9 Å². The van der Waals surface area contributed by atoms with Crippen molar-refractivity contribution in [2.75, 3.05) is 10.6 Å². The van der Waals surface area contributed by atoms with E-state index in [4.69, 9.17) is 0 Å². The number of nitrogens with one attached hydrogen (secondary N) is 2. The SMILES string of the molecule is O=C(Nc1ccc(F)cc1)c1nn(-c2ccccc2)c(-c2ccccc2)c1C(=O)Nc1ccc(F)cc1. The van der Waals surface area contributed by atoms with Gasteiger partial charge in [0.1, 0.15) is 11.6 Å². The van der Waals surface area contributed by atoms with Crippen LogP contribution >= 0.6 is 0 Å². The van der Waals surface area contributed by atoms with Gasteiger partial charge in [0.2, 0.25) is 0 Å². The lowest BCUT2D eigenvalue weighted by Gasteiger charge is -2.11. The number of halogens is 2. The molecule has 5 aromatic rings. The van der Waals surface area contributed by atoms with E-state index >= 15 is 0 Å². The maximum absolute atomic E-state index is 13.7. The second-order valence-corrected chi connectivity index (χ2v) is 8.11. The molecule has 4 aromatic carbocycles. The number of benzene rings is 4. The minimum absolute atomic E-state index is 0.0268. The molecule has 0 unspecified atom stereocenters. The summed E-state index contributed by atoms with van der Waals surface area (Å²) in [5, 5.41) is 9.98. The van der Waals surface area contributed by atoms with Gasteiger partial charge in [0.05, 0.1) is 16.9 Å². The van der Waals surface area contributed by atoms with E-state index in [9.17, 15) is 18.4 Å². The van der Waals surface area contributed by atoms with Gasteiger partial charge in [0.15, 0.2) is 5.69 Å². The maximum atomic E-state index is 13.7. The van der Waals surface area contributed by atoms with Gasteiger partial charge in [-0.05, 0) is 60.7 Å². The van der Waals surface area contributed by atoms with Gasteiger partial charge in [0.25, 0.3) is 11.8 Å². The van der Waals surface area contributed by atoms with E-state index in [1.54, 1.807) is 0 Å². The summed E-state index contributed by atoms with van der Waals surface area (Å²) < 4.78 is 28.3. The van der Waals surface area contributed by atoms with Gasteiger partial charge in [-0.1, -0.05) is 48.5 Å². The first-order valence-corrected chi connectivity index (χ1v) is 11.4. The predicted molar refractivity (Wildman–Crippen MR) is 138 cm³/mol. The highest BCUT2D eigenvalue weighted by Gasteiger charge is 2.30. The number of nitrogens with zero attached hydrogens (tertiary/aromatic N) is 2. The number of aromatic nitrogens is 2. The fourth-order valence-corrected chi connectivity index (χ4v) is 3.86. The summed E-state index contributed by atoms with van der Waals surface area (Å²) in [6.07, 6.45) is 0. The molecule has 0 spiro atoms. The largest absolute Gasteiger partial charge is 0.322 e. The average Bonchev–Trinajstić information content (AvgIpc) is 3.33. The van der Waals surface area contributed by atoms with Gasteiger partial charge >= 0.3 is 0 Å². The van der Waals surface area contributed by atoms with Gasteiger partial charge in [-0.3, -0.25) is 9.59 Å². The Morgan fingerprint density at radius 3 is 1.65 bits per heavy atom. The Balaban J connectivity index is 1.67. The van der Waals surface area contributed by atoms with Gasteiger partial charge in [-0.2, -0.15) is 5.10 Å². The van der Waals surface area contributed by atoms with Crippen molar-refractivity contribution in [3.05, 3.63) is 132 Å². The Labute approximate surface area is 211 Å². The highest BCUT2D eigenvalue weighted by molar-refractivity contribution is 6.17. The molecule has 0 saturated carbocycles. The van der Waals surface area contributed by atoms with Crippen LogP contribution in [0.2, 0.25) is 0 Å². The lowest BCUT2D eigenvalue weighted by molar-refractivity contribution is 0.0988. The molecule has 0 bridgehead atoms. The van der Waals surface area contributed by atoms with Crippen LogP contribution in [0.15, 0.2) is 109 Å². The Morgan fingerprint density at radius 2 is 1.11 bits per heavy atom. The second-order valence-electron chi connectivity index (χ2n) is 8.11. The summed E-state index contributed by atoms with van der Waals surface area (Å²) in [7, 11) is 0. The number of carbonyl (C=O) groups is 2. The standard InChI is InChI=1S/C29H20F2N4O2/c30-20-11-15-22(16-12-20)32-28(36)25-26(29(37)33-23-17-13-21(31)14-18-23)34-35(24-9-5-2-6-10-24)27(25)19-7-3-1-4-8-19/h1-18H,(H,32,36)(H,33,37). The topological polar surface area (TPSA) is 76.0 Å². The molecule has 0 atom stereocenters. The molecule has 0 fully saturated rings. The molecule has 0 radical (unpaired) electrons. The fraction of sp³-hybridized carbons (Fsp3) is 0. The number of anilines is 2. The number of carbonyl (C=O) groups excluding carboxylic acids is 2. The third-order valence-electron chi connectivity index (χ3n) is 5.58. The highest BCUT2D eigenvalue weighted by atomic mass is 19.1. The van der Waals surface area contributed by atoms with Crippen LogP contribution in [0.4, 0.5) is 20.2 Å². The maximum Gasteiger partial charge on any atom is 0.277 e. The molecule has 5 rings (SSSR count). The van der Waals surface area contributed by atoms with E-state index in [0.29, 0.717) is 28.3 Å². The summed E-state index contributed by atoms with van der Waals surface area (Å²) in [6, 6.07) is 28.8. The summed E-state index contributed by atoms with van der Waals surface area (Å²) >= 11 is 0. The predicted octanol–water partition coefficient (Wildman–Crippen LogP) is 6.32. The van der Waals surface area contributed by atoms with Crippen molar-refractivity contribution < 1.29 is 18.4 Å². The number of hydrogen-bond donors (Lipinski definition) is 2. The minimum Gasteiger partial charge on any atom is -0.322 e. The normalized spacial score (nSPS) is 10.6. The fourth-order valence-electron chi connectivity index (χ4n) is 3.86. The zero-order valence-electron chi connectivity index (χ0n) is 19.4. The molecule has 8 heteroatoms. The molecule has 0 aliphatic rings. The number of hydrogen-bond acceptors (Lipinski definition) is 3. The van der Waals surface area contributed by atoms with Crippen LogP contribution < -0.4 is 10.6 Å². The van der Waals surface area contributed by atoms with E-state index in [1.807, 2.05) is 60.7 Å². The van der Waals surface area contributed by atoms with Crippen molar-refractivity contribution >= 4 is 23.2 Å². The van der Waals surface area contributed by atoms with E-state index in [1.165, 1.54) is 53.2 Å². The van der Waals surface area contributed by atoms with Gasteiger partial charge < -0.3 is 10.6 Å². The Bertz CT molecular complexity index is 1550. The van der Waals surface area contributed by atoms with Gasteiger partial charge in [0, 0.05) is 16.9 Å². The van der Waals surface area contributed by atoms with Gasteiger partial charge in [-0.15, -0.1) is 0 Å². The minimum atomic E-state index is -0.650. The smallest absolute Gasteiger partial charge is 0.277 e. The first kappa shape index (κ1) is 23.6. The molecule has 0 aliphatic heterocycles. The monoisotopic (exact) mass is 494 g/mol. The van der Waals surface area contributed by atoms with Crippen LogP contribution in [0.1, 0.15) is 20.8 Å². The molecule has 0 saturated heterocycles. The number of amides is 2. The van der Waals surface area contributed by atoms with E-state index in [2.05, 4.69) is 15.7 Å². The summed E-state index contributed by atoms with van der Waals surface area (Å²) in [5.74, 6) is -2.14. The molecule has 2 amide bonds. The molecule has 6 nitrogen and oxygen atoms in total. The van der Waals surface area contributed by atoms with Crippen molar-refractivity contribution in [2.45, 2.75) is 0 Å². The van der Waals surface area contributed by atoms with Crippen molar-refractivity contribution in [3.8, 4) is 16.9 Å². The molecule has 1 aromatic heterocycles. The lowest BCUT2D eigenvalue weighted by atomic mass is 10.0. The summed E-state index contributed by atoms with van der Waals surface area (Å²) in [6.45, 7) is 0. The average molecular weight is 495 g/mol. The zero-order valence-corrected chi connectivity index (χ0v) is 19.4. The van der Waals surface area contributed by atoms with E-state index < -0.39 is 23.4 Å². The van der Waals surface area contributed by atoms with Crippen molar-refractivity contribution in [3.63, 3.8) is 0 Å². The Hall–Kier alpha value is -5.11. The quantitative estimate of drug-likeness (QED) is 0.290. The molecule has 182 valence electrons. The van der Waals surface area contributed by atoms with Gasteiger partial charge in [-0.25, -0.2) is 13.5 Å². The Morgan fingerprint density at radius 1 is 0.622 bits per heavy atom. The first-order valence-electron chi connectivity index (χ1n) is 11.4. The number of rotatable bonds is 6. The number of para-hydroxylation sites is 1. The molecule has 0 aliphatic carbocycles. The molecular weight excluding hydrogens is 474 g/mol. The van der Waals surface area contributed by atoms with Crippen LogP contribution in [-0.2, 0) is 0 Å². The zero-order chi connectivity index (χ0) is 25.8. The molecule has 1 heterocycles. The third-order valence-corrected chi connectivity index (χ3v) is 5.58. The van der Waals surface area contributed by atoms with Crippen LogP contribution in [-0.4, -0.2) is 21.6 Å². The molecular formula is C29H20F2N4O2. The second kappa shape index (κ2) is 10.2. The third kappa shape index (κ3) is 5.13. The summed E-state index contributed by atoms with van der Waals surface area (Å²) in [5.41, 5.74) is 2.28. The van der Waals surface area contributed by atoms with E-state index in [0.717, 1.165) is 0 Å². The van der Waals surface area contributed by atoms with Crippen LogP contribution in [0, 0.1) is 11.6 Å². The Kier molecular flexibility index (Phi) is 6.54. The molecule has 37 heavy (non-hydrogen) atoms. The van der Waals surface area contributed by atoms with Crippen LogP contribution in [0.3, 0.4) is 0 Å². The van der Waals surface area contributed by atoms with Crippen molar-refractivity contribution in [1.29, 1.82) is 0 Å². The van der Waals surface area contributed by atoms with Crippen LogP contribution in [0.5, 0.6) is 0 Å². The van der Waals surface area contributed by atoms with Crippen molar-refractivity contribution in [2.24, 2.45) is 0 Å². The lowest BCUT2D eigenvalue weighted by Crippen LogP contribution is -2.20. The van der Waals surface area contributed by atoms with E-state index in [-0.39, 0.29) is 11.3 Å². The highest BCUT2D eigenvalue weighted by Crippen LogP contribution is 2.31. The first-order chi connectivity index (χ1) is 18.0.